The van der Waals surface area contributed by atoms with E-state index < -0.39 is 0 Å². The molecule has 0 aromatic rings. The fourth-order valence-corrected chi connectivity index (χ4v) is 2.98. The predicted octanol–water partition coefficient (Wildman–Crippen LogP) is 1.06. The van der Waals surface area contributed by atoms with Gasteiger partial charge in [0.1, 0.15) is 0 Å². The van der Waals surface area contributed by atoms with Gasteiger partial charge in [0.15, 0.2) is 0 Å². The van der Waals surface area contributed by atoms with Crippen molar-refractivity contribution in [1.29, 1.82) is 0 Å². The smallest absolute Gasteiger partial charge is 0.0224 e. The van der Waals surface area contributed by atoms with E-state index in [-0.39, 0.29) is 0 Å². The molecule has 16 heavy (non-hydrogen) atoms. The molecule has 2 unspecified atom stereocenters. The van der Waals surface area contributed by atoms with Crippen molar-refractivity contribution in [2.75, 3.05) is 32.7 Å². The van der Waals surface area contributed by atoms with Crippen LogP contribution in [0.15, 0.2) is 12.2 Å². The van der Waals surface area contributed by atoms with Gasteiger partial charge in [-0.3, -0.25) is 9.80 Å². The maximum atomic E-state index is 5.63. The van der Waals surface area contributed by atoms with Crippen LogP contribution in [0, 0.1) is 0 Å². The molecule has 2 N–H and O–H groups in total. The Morgan fingerprint density at radius 1 is 1.38 bits per heavy atom. The minimum absolute atomic E-state index is 0.623. The summed E-state index contributed by atoms with van der Waals surface area (Å²) in [6.45, 7) is 11.7. The van der Waals surface area contributed by atoms with Crippen LogP contribution in [0.1, 0.15) is 26.2 Å². The molecule has 0 amide bonds. The first-order chi connectivity index (χ1) is 7.70. The summed E-state index contributed by atoms with van der Waals surface area (Å²) in [5.41, 5.74) is 6.79. The molecular formula is C13H25N3. The van der Waals surface area contributed by atoms with Gasteiger partial charge in [-0.15, -0.1) is 0 Å². The van der Waals surface area contributed by atoms with Gasteiger partial charge >= 0.3 is 0 Å². The Morgan fingerprint density at radius 2 is 2.19 bits per heavy atom. The zero-order valence-electron chi connectivity index (χ0n) is 10.5. The average molecular weight is 223 g/mol. The minimum atomic E-state index is 0.623. The average Bonchev–Trinajstić information content (AvgIpc) is 2.30. The number of hydrogen-bond donors (Lipinski definition) is 1. The number of fused-ring (bicyclic) bond motifs is 1. The van der Waals surface area contributed by atoms with Crippen LogP contribution in [-0.4, -0.2) is 54.6 Å². The van der Waals surface area contributed by atoms with Crippen LogP contribution in [0.2, 0.25) is 0 Å². The van der Waals surface area contributed by atoms with Crippen molar-refractivity contribution in [2.45, 2.75) is 38.3 Å². The first-order valence-electron chi connectivity index (χ1n) is 6.55. The van der Waals surface area contributed by atoms with Crippen molar-refractivity contribution in [3.05, 3.63) is 12.2 Å². The van der Waals surface area contributed by atoms with E-state index in [2.05, 4.69) is 23.3 Å². The third-order valence-corrected chi connectivity index (χ3v) is 4.03. The molecule has 2 atom stereocenters. The van der Waals surface area contributed by atoms with Gasteiger partial charge in [-0.2, -0.15) is 0 Å². The highest BCUT2D eigenvalue weighted by molar-refractivity contribution is 5.01. The Balaban J connectivity index is 1.92. The van der Waals surface area contributed by atoms with E-state index in [1.165, 1.54) is 38.9 Å². The SMILES string of the molecule is C=C(CN)CN1CC2CCCCN2CC1C. The molecule has 3 nitrogen and oxygen atoms in total. The van der Waals surface area contributed by atoms with E-state index in [1.54, 1.807) is 0 Å². The topological polar surface area (TPSA) is 32.5 Å². The number of rotatable bonds is 3. The predicted molar refractivity (Wildman–Crippen MR) is 68.4 cm³/mol. The highest BCUT2D eigenvalue weighted by atomic mass is 15.3. The highest BCUT2D eigenvalue weighted by Crippen LogP contribution is 2.24. The third-order valence-electron chi connectivity index (χ3n) is 4.03. The Labute approximate surface area is 99.3 Å². The van der Waals surface area contributed by atoms with Gasteiger partial charge in [-0.25, -0.2) is 0 Å². The van der Waals surface area contributed by atoms with Crippen molar-refractivity contribution in [1.82, 2.24) is 9.80 Å². The zero-order chi connectivity index (χ0) is 11.5. The Kier molecular flexibility index (Phi) is 4.00. The lowest BCUT2D eigenvalue weighted by atomic mass is 9.97. The van der Waals surface area contributed by atoms with E-state index in [0.717, 1.165) is 18.2 Å². The molecule has 3 heteroatoms. The summed E-state index contributed by atoms with van der Waals surface area (Å²) in [6.07, 6.45) is 4.16. The molecule has 0 aromatic heterocycles. The number of hydrogen-bond acceptors (Lipinski definition) is 3. The lowest BCUT2D eigenvalue weighted by Crippen LogP contribution is -2.58. The van der Waals surface area contributed by atoms with Crippen LogP contribution in [0.25, 0.3) is 0 Å². The van der Waals surface area contributed by atoms with Crippen molar-refractivity contribution in [3.63, 3.8) is 0 Å². The van der Waals surface area contributed by atoms with Gasteiger partial charge < -0.3 is 5.73 Å². The van der Waals surface area contributed by atoms with Crippen LogP contribution >= 0.6 is 0 Å². The second kappa shape index (κ2) is 5.30. The van der Waals surface area contributed by atoms with Gasteiger partial charge in [-0.1, -0.05) is 13.0 Å². The molecule has 2 rings (SSSR count). The molecule has 0 bridgehead atoms. The molecule has 2 heterocycles. The molecule has 0 spiro atoms. The highest BCUT2D eigenvalue weighted by Gasteiger charge is 2.32. The molecule has 2 saturated heterocycles. The maximum absolute atomic E-state index is 5.63. The summed E-state index contributed by atoms with van der Waals surface area (Å²) in [4.78, 5) is 5.23. The second-order valence-corrected chi connectivity index (χ2v) is 5.38. The molecule has 2 aliphatic heterocycles. The summed E-state index contributed by atoms with van der Waals surface area (Å²) in [5.74, 6) is 0. The number of piperidine rings is 1. The summed E-state index contributed by atoms with van der Waals surface area (Å²) in [7, 11) is 0. The zero-order valence-corrected chi connectivity index (χ0v) is 10.5. The van der Waals surface area contributed by atoms with Gasteiger partial charge in [0, 0.05) is 38.3 Å². The van der Waals surface area contributed by atoms with E-state index in [0.29, 0.717) is 12.6 Å². The maximum Gasteiger partial charge on any atom is 0.0224 e. The molecule has 2 aliphatic rings. The quantitative estimate of drug-likeness (QED) is 0.726. The van der Waals surface area contributed by atoms with Gasteiger partial charge in [0.2, 0.25) is 0 Å². The first kappa shape index (κ1) is 12.1. The van der Waals surface area contributed by atoms with E-state index in [9.17, 15) is 0 Å². The summed E-state index contributed by atoms with van der Waals surface area (Å²) >= 11 is 0. The molecule has 0 radical (unpaired) electrons. The number of nitrogens with two attached hydrogens (primary N) is 1. The Morgan fingerprint density at radius 3 is 2.94 bits per heavy atom. The molecule has 2 fully saturated rings. The molecule has 0 aromatic carbocycles. The van der Waals surface area contributed by atoms with Crippen molar-refractivity contribution < 1.29 is 0 Å². The van der Waals surface area contributed by atoms with Crippen LogP contribution in [0.4, 0.5) is 0 Å². The molecule has 0 saturated carbocycles. The fraction of sp³-hybridized carbons (Fsp3) is 0.846. The van der Waals surface area contributed by atoms with E-state index >= 15 is 0 Å². The van der Waals surface area contributed by atoms with Crippen molar-refractivity contribution in [2.24, 2.45) is 5.73 Å². The Bertz CT molecular complexity index is 252. The van der Waals surface area contributed by atoms with Crippen molar-refractivity contribution >= 4 is 0 Å². The Hall–Kier alpha value is -0.380. The van der Waals surface area contributed by atoms with Crippen molar-refractivity contribution in [3.8, 4) is 0 Å². The lowest BCUT2D eigenvalue weighted by Gasteiger charge is -2.47. The number of nitrogens with zero attached hydrogens (tertiary/aromatic N) is 2. The largest absolute Gasteiger partial charge is 0.327 e. The third kappa shape index (κ3) is 2.65. The first-order valence-corrected chi connectivity index (χ1v) is 6.55. The molecule has 0 aliphatic carbocycles. The van der Waals surface area contributed by atoms with E-state index in [1.807, 2.05) is 0 Å². The normalized spacial score (nSPS) is 32.4. The van der Waals surface area contributed by atoms with Gasteiger partial charge in [0.05, 0.1) is 0 Å². The van der Waals surface area contributed by atoms with E-state index in [4.69, 9.17) is 5.73 Å². The van der Waals surface area contributed by atoms with Crippen LogP contribution < -0.4 is 5.73 Å². The monoisotopic (exact) mass is 223 g/mol. The summed E-state index contributed by atoms with van der Waals surface area (Å²) < 4.78 is 0. The summed E-state index contributed by atoms with van der Waals surface area (Å²) in [6, 6.07) is 1.44. The molecule has 92 valence electrons. The fourth-order valence-electron chi connectivity index (χ4n) is 2.98. The van der Waals surface area contributed by atoms with Gasteiger partial charge in [-0.05, 0) is 31.9 Å². The van der Waals surface area contributed by atoms with Gasteiger partial charge in [0.25, 0.3) is 0 Å². The standard InChI is InChI=1S/C13H25N3/c1-11(7-14)8-16-10-13-5-3-4-6-15(13)9-12(16)2/h12-13H,1,3-10,14H2,2H3. The van der Waals surface area contributed by atoms with Crippen LogP contribution in [0.5, 0.6) is 0 Å². The minimum Gasteiger partial charge on any atom is -0.327 e. The second-order valence-electron chi connectivity index (χ2n) is 5.38. The van der Waals surface area contributed by atoms with Crippen LogP contribution in [0.3, 0.4) is 0 Å². The summed E-state index contributed by atoms with van der Waals surface area (Å²) in [5, 5.41) is 0. The number of piperazine rings is 1. The molecular weight excluding hydrogens is 198 g/mol. The van der Waals surface area contributed by atoms with Crippen LogP contribution in [-0.2, 0) is 0 Å². The lowest BCUT2D eigenvalue weighted by molar-refractivity contribution is 0.0202.